The number of nitrogens with zero attached hydrogens (tertiary/aromatic N) is 2. The number of aromatic nitrogens is 2. The molecule has 0 aliphatic heterocycles. The van der Waals surface area contributed by atoms with Crippen LogP contribution in [0, 0.1) is 0 Å². The van der Waals surface area contributed by atoms with Gasteiger partial charge in [-0.3, -0.25) is 4.68 Å². The second kappa shape index (κ2) is 5.72. The highest BCUT2D eigenvalue weighted by Gasteiger charge is 2.12. The van der Waals surface area contributed by atoms with Crippen molar-refractivity contribution in [2.45, 2.75) is 12.6 Å². The van der Waals surface area contributed by atoms with Crippen LogP contribution in [-0.2, 0) is 6.54 Å². The van der Waals surface area contributed by atoms with E-state index in [1.165, 1.54) is 5.56 Å². The molecule has 0 aliphatic carbocycles. The van der Waals surface area contributed by atoms with Crippen molar-refractivity contribution in [2.75, 3.05) is 0 Å². The zero-order valence-electron chi connectivity index (χ0n) is 11.1. The van der Waals surface area contributed by atoms with Crippen LogP contribution in [0.3, 0.4) is 0 Å². The Bertz CT molecular complexity index is 662. The third kappa shape index (κ3) is 2.78. The first-order chi connectivity index (χ1) is 9.83. The molecule has 0 fully saturated rings. The Balaban J connectivity index is 1.77. The van der Waals surface area contributed by atoms with Crippen molar-refractivity contribution in [1.82, 2.24) is 9.78 Å². The molecular formula is C17H16N2O. The van der Waals surface area contributed by atoms with E-state index in [0.29, 0.717) is 6.54 Å². The van der Waals surface area contributed by atoms with Crippen molar-refractivity contribution in [2.24, 2.45) is 0 Å². The maximum atomic E-state index is 10.3. The van der Waals surface area contributed by atoms with Crippen LogP contribution >= 0.6 is 0 Å². The lowest BCUT2D eigenvalue weighted by Crippen LogP contribution is -2.00. The first kappa shape index (κ1) is 12.6. The van der Waals surface area contributed by atoms with E-state index in [0.717, 1.165) is 11.1 Å². The van der Waals surface area contributed by atoms with Crippen molar-refractivity contribution in [3.8, 4) is 0 Å². The molecule has 0 bridgehead atoms. The van der Waals surface area contributed by atoms with E-state index in [2.05, 4.69) is 17.2 Å². The molecular weight excluding hydrogens is 248 g/mol. The van der Waals surface area contributed by atoms with Gasteiger partial charge >= 0.3 is 0 Å². The van der Waals surface area contributed by atoms with Gasteiger partial charge in [0.05, 0.1) is 12.7 Å². The van der Waals surface area contributed by atoms with Crippen LogP contribution in [0.4, 0.5) is 0 Å². The van der Waals surface area contributed by atoms with Gasteiger partial charge in [0.1, 0.15) is 6.10 Å². The molecule has 0 amide bonds. The lowest BCUT2D eigenvalue weighted by Gasteiger charge is -2.08. The molecule has 0 saturated carbocycles. The third-order valence-electron chi connectivity index (χ3n) is 3.27. The molecule has 3 heteroatoms. The number of hydrogen-bond acceptors (Lipinski definition) is 2. The Kier molecular flexibility index (Phi) is 3.61. The highest BCUT2D eigenvalue weighted by atomic mass is 16.3. The SMILES string of the molecule is OC(c1ccccc1)c1cnn(Cc2ccccc2)c1. The topological polar surface area (TPSA) is 38.1 Å². The predicted molar refractivity (Wildman–Crippen MR) is 78.3 cm³/mol. The lowest BCUT2D eigenvalue weighted by atomic mass is 10.1. The predicted octanol–water partition coefficient (Wildman–Crippen LogP) is 3.01. The Labute approximate surface area is 118 Å². The molecule has 0 spiro atoms. The average molecular weight is 264 g/mol. The van der Waals surface area contributed by atoms with E-state index < -0.39 is 6.10 Å². The van der Waals surface area contributed by atoms with Crippen molar-refractivity contribution < 1.29 is 5.11 Å². The van der Waals surface area contributed by atoms with Gasteiger partial charge in [-0.1, -0.05) is 60.7 Å². The lowest BCUT2D eigenvalue weighted by molar-refractivity contribution is 0.220. The molecule has 0 aliphatic rings. The Hall–Kier alpha value is -2.39. The zero-order chi connectivity index (χ0) is 13.8. The zero-order valence-corrected chi connectivity index (χ0v) is 11.1. The smallest absolute Gasteiger partial charge is 0.107 e. The van der Waals surface area contributed by atoms with E-state index in [-0.39, 0.29) is 0 Å². The summed E-state index contributed by atoms with van der Waals surface area (Å²) in [5.41, 5.74) is 2.88. The summed E-state index contributed by atoms with van der Waals surface area (Å²) >= 11 is 0. The van der Waals surface area contributed by atoms with Gasteiger partial charge in [0.25, 0.3) is 0 Å². The molecule has 3 aromatic rings. The summed E-state index contributed by atoms with van der Waals surface area (Å²) in [5, 5.41) is 14.6. The van der Waals surface area contributed by atoms with Crippen LogP contribution in [-0.4, -0.2) is 14.9 Å². The minimum Gasteiger partial charge on any atom is -0.384 e. The summed E-state index contributed by atoms with van der Waals surface area (Å²) in [6.45, 7) is 0.711. The quantitative estimate of drug-likeness (QED) is 0.786. The molecule has 0 saturated heterocycles. The average Bonchev–Trinajstić information content (AvgIpc) is 2.97. The maximum Gasteiger partial charge on any atom is 0.107 e. The van der Waals surface area contributed by atoms with Crippen molar-refractivity contribution in [1.29, 1.82) is 0 Å². The van der Waals surface area contributed by atoms with E-state index in [9.17, 15) is 5.11 Å². The van der Waals surface area contributed by atoms with E-state index >= 15 is 0 Å². The van der Waals surface area contributed by atoms with Crippen LogP contribution < -0.4 is 0 Å². The molecule has 1 unspecified atom stereocenters. The summed E-state index contributed by atoms with van der Waals surface area (Å²) in [4.78, 5) is 0. The van der Waals surface area contributed by atoms with E-state index in [1.807, 2.05) is 59.4 Å². The normalized spacial score (nSPS) is 12.2. The summed E-state index contributed by atoms with van der Waals surface area (Å²) in [5.74, 6) is 0. The second-order valence-corrected chi connectivity index (χ2v) is 4.77. The van der Waals surface area contributed by atoms with E-state index in [4.69, 9.17) is 0 Å². The van der Waals surface area contributed by atoms with Crippen LogP contribution in [0.5, 0.6) is 0 Å². The van der Waals surface area contributed by atoms with Crippen LogP contribution in [0.25, 0.3) is 0 Å². The summed E-state index contributed by atoms with van der Waals surface area (Å²) in [6.07, 6.45) is 2.99. The van der Waals surface area contributed by atoms with Gasteiger partial charge in [-0.2, -0.15) is 5.10 Å². The molecule has 1 aromatic heterocycles. The second-order valence-electron chi connectivity index (χ2n) is 4.77. The number of aliphatic hydroxyl groups excluding tert-OH is 1. The van der Waals surface area contributed by atoms with Crippen LogP contribution in [0.2, 0.25) is 0 Å². The minimum atomic E-state index is -0.624. The summed E-state index contributed by atoms with van der Waals surface area (Å²) in [6, 6.07) is 19.8. The Morgan fingerprint density at radius 1 is 0.900 bits per heavy atom. The first-order valence-corrected chi connectivity index (χ1v) is 6.62. The number of aliphatic hydroxyl groups is 1. The fourth-order valence-electron chi connectivity index (χ4n) is 2.21. The van der Waals surface area contributed by atoms with Crippen LogP contribution in [0.1, 0.15) is 22.8 Å². The van der Waals surface area contributed by atoms with Gasteiger partial charge in [-0.15, -0.1) is 0 Å². The summed E-state index contributed by atoms with van der Waals surface area (Å²) < 4.78 is 1.84. The molecule has 20 heavy (non-hydrogen) atoms. The van der Waals surface area contributed by atoms with Gasteiger partial charge in [-0.05, 0) is 11.1 Å². The monoisotopic (exact) mass is 264 g/mol. The van der Waals surface area contributed by atoms with Crippen LogP contribution in [0.15, 0.2) is 73.1 Å². The van der Waals surface area contributed by atoms with E-state index in [1.54, 1.807) is 6.20 Å². The van der Waals surface area contributed by atoms with Gasteiger partial charge < -0.3 is 5.11 Å². The molecule has 2 aromatic carbocycles. The Morgan fingerprint density at radius 2 is 1.55 bits per heavy atom. The molecule has 1 heterocycles. The minimum absolute atomic E-state index is 0.624. The fraction of sp³-hybridized carbons (Fsp3) is 0.118. The highest BCUT2D eigenvalue weighted by molar-refractivity contribution is 5.27. The number of rotatable bonds is 4. The van der Waals surface area contributed by atoms with Crippen molar-refractivity contribution >= 4 is 0 Å². The standard InChI is InChI=1S/C17H16N2O/c20-17(15-9-5-2-6-10-15)16-11-18-19(13-16)12-14-7-3-1-4-8-14/h1-11,13,17,20H,12H2. The Morgan fingerprint density at radius 3 is 2.25 bits per heavy atom. The molecule has 3 nitrogen and oxygen atoms in total. The van der Waals surface area contributed by atoms with Crippen molar-refractivity contribution in [3.63, 3.8) is 0 Å². The highest BCUT2D eigenvalue weighted by Crippen LogP contribution is 2.21. The molecule has 100 valence electrons. The molecule has 1 N–H and O–H groups in total. The summed E-state index contributed by atoms with van der Waals surface area (Å²) in [7, 11) is 0. The van der Waals surface area contributed by atoms with Gasteiger partial charge in [0.2, 0.25) is 0 Å². The first-order valence-electron chi connectivity index (χ1n) is 6.62. The number of hydrogen-bond donors (Lipinski definition) is 1. The largest absolute Gasteiger partial charge is 0.384 e. The molecule has 3 rings (SSSR count). The van der Waals surface area contributed by atoms with Gasteiger partial charge in [0, 0.05) is 11.8 Å². The molecule has 0 radical (unpaired) electrons. The molecule has 1 atom stereocenters. The van der Waals surface area contributed by atoms with Crippen molar-refractivity contribution in [3.05, 3.63) is 89.7 Å². The third-order valence-corrected chi connectivity index (χ3v) is 3.27. The fourth-order valence-corrected chi connectivity index (χ4v) is 2.21. The number of benzene rings is 2. The van der Waals surface area contributed by atoms with Gasteiger partial charge in [-0.25, -0.2) is 0 Å². The van der Waals surface area contributed by atoms with Gasteiger partial charge in [0.15, 0.2) is 0 Å². The maximum absolute atomic E-state index is 10.3.